The third-order valence-electron chi connectivity index (χ3n) is 2.86. The number of aryl methyl sites for hydroxylation is 2. The van der Waals surface area contributed by atoms with E-state index in [-0.39, 0.29) is 4.90 Å². The van der Waals surface area contributed by atoms with Crippen molar-refractivity contribution in [2.75, 3.05) is 0 Å². The minimum Gasteiger partial charge on any atom is -0.744 e. The molecule has 0 atom stereocenters. The van der Waals surface area contributed by atoms with E-state index >= 15 is 0 Å². The molecule has 0 saturated heterocycles. The van der Waals surface area contributed by atoms with Crippen molar-refractivity contribution in [2.24, 2.45) is 0 Å². The summed E-state index contributed by atoms with van der Waals surface area (Å²) in [7, 11) is -4.27. The van der Waals surface area contributed by atoms with Crippen LogP contribution in [0.15, 0.2) is 90.1 Å². The first kappa shape index (κ1) is 19.5. The van der Waals surface area contributed by atoms with Crippen molar-refractivity contribution in [3.05, 3.63) is 96.3 Å². The Balaban J connectivity index is 0.000000191. The summed E-state index contributed by atoms with van der Waals surface area (Å²) in [5.74, 6) is 0. The number of pyridine rings is 1. The predicted molar refractivity (Wildman–Crippen MR) is 93.3 cm³/mol. The molecule has 0 radical (unpaired) electrons. The molecule has 0 bridgehead atoms. The standard InChI is InChI=1S/C7H8O3S.C7H8.C5H5N/c1-6-2-4-7(5-3-6)11(8,9)10;1-7-5-3-2-4-6-7;1-2-4-6-5-3-1/h2-5H,1H3,(H,8,9,10);2-6H,1H3;1-5H. The zero-order chi connectivity index (χ0) is 17.8. The second kappa shape index (κ2) is 10.3. The first-order valence-corrected chi connectivity index (χ1v) is 8.76. The molecule has 126 valence electrons. The van der Waals surface area contributed by atoms with Crippen LogP contribution in [0.2, 0.25) is 0 Å². The van der Waals surface area contributed by atoms with Crippen LogP contribution in [-0.2, 0) is 10.1 Å². The number of aromatic nitrogens is 1. The molecule has 3 rings (SSSR count). The Bertz CT molecular complexity index is 760. The maximum Gasteiger partial charge on any atom is 0.166 e. The molecule has 3 aromatic rings. The zero-order valence-electron chi connectivity index (χ0n) is 13.7. The van der Waals surface area contributed by atoms with Crippen molar-refractivity contribution in [1.29, 1.82) is 0 Å². The SMILES string of the molecule is Cc1ccc(S(=O)(=O)[O-])cc1.Cc1ccccc1.c1cc[nH+]cc1. The average Bonchev–Trinajstić information content (AvgIpc) is 2.58. The van der Waals surface area contributed by atoms with Crippen LogP contribution in [-0.4, -0.2) is 13.0 Å². The van der Waals surface area contributed by atoms with Gasteiger partial charge in [-0.05, 0) is 26.0 Å². The quantitative estimate of drug-likeness (QED) is 0.636. The first-order chi connectivity index (χ1) is 11.4. The predicted octanol–water partition coefficient (Wildman–Crippen LogP) is 3.39. The van der Waals surface area contributed by atoms with Gasteiger partial charge in [0, 0.05) is 12.1 Å². The second-order valence-electron chi connectivity index (χ2n) is 5.00. The molecule has 1 N–H and O–H groups in total. The molecule has 2 aromatic carbocycles. The van der Waals surface area contributed by atoms with Crippen molar-refractivity contribution in [3.8, 4) is 0 Å². The minimum absolute atomic E-state index is 0.178. The summed E-state index contributed by atoms with van der Waals surface area (Å²) in [6.07, 6.45) is 3.75. The van der Waals surface area contributed by atoms with Crippen LogP contribution in [0.3, 0.4) is 0 Å². The van der Waals surface area contributed by atoms with Crippen LogP contribution in [0.5, 0.6) is 0 Å². The van der Waals surface area contributed by atoms with E-state index in [0.717, 1.165) is 5.56 Å². The smallest absolute Gasteiger partial charge is 0.166 e. The molecule has 0 spiro atoms. The Kier molecular flexibility index (Phi) is 8.39. The number of nitrogens with one attached hydrogen (secondary N) is 1. The summed E-state index contributed by atoms with van der Waals surface area (Å²) in [5, 5.41) is 0. The van der Waals surface area contributed by atoms with E-state index < -0.39 is 10.1 Å². The minimum atomic E-state index is -4.27. The van der Waals surface area contributed by atoms with Crippen LogP contribution in [0.1, 0.15) is 11.1 Å². The number of aromatic amines is 1. The van der Waals surface area contributed by atoms with Gasteiger partial charge in [-0.25, -0.2) is 13.4 Å². The maximum atomic E-state index is 10.4. The summed E-state index contributed by atoms with van der Waals surface area (Å²) >= 11 is 0. The Morgan fingerprint density at radius 1 is 0.708 bits per heavy atom. The largest absolute Gasteiger partial charge is 0.744 e. The number of H-pyrrole nitrogens is 1. The molecule has 0 aliphatic heterocycles. The number of hydrogen-bond acceptors (Lipinski definition) is 3. The molecule has 1 aromatic heterocycles. The van der Waals surface area contributed by atoms with Crippen LogP contribution in [0.4, 0.5) is 0 Å². The topological polar surface area (TPSA) is 71.3 Å². The van der Waals surface area contributed by atoms with E-state index in [1.165, 1.54) is 17.7 Å². The van der Waals surface area contributed by atoms with Gasteiger partial charge in [0.05, 0.1) is 4.90 Å². The molecule has 1 heterocycles. The third-order valence-corrected chi connectivity index (χ3v) is 3.71. The second-order valence-corrected chi connectivity index (χ2v) is 6.38. The lowest BCUT2D eigenvalue weighted by Crippen LogP contribution is -1.97. The van der Waals surface area contributed by atoms with E-state index in [1.807, 2.05) is 55.7 Å². The third kappa shape index (κ3) is 8.82. The van der Waals surface area contributed by atoms with Gasteiger partial charge in [0.15, 0.2) is 12.4 Å². The van der Waals surface area contributed by atoms with Gasteiger partial charge in [0.2, 0.25) is 0 Å². The Morgan fingerprint density at radius 3 is 1.46 bits per heavy atom. The molecule has 5 heteroatoms. The van der Waals surface area contributed by atoms with Gasteiger partial charge in [-0.15, -0.1) is 0 Å². The van der Waals surface area contributed by atoms with Crippen LogP contribution < -0.4 is 4.98 Å². The fourth-order valence-corrected chi connectivity index (χ4v) is 2.05. The highest BCUT2D eigenvalue weighted by Crippen LogP contribution is 2.08. The molecule has 0 amide bonds. The summed E-state index contributed by atoms with van der Waals surface area (Å²) in [4.78, 5) is 2.71. The van der Waals surface area contributed by atoms with Crippen molar-refractivity contribution >= 4 is 10.1 Å². The molecule has 0 fully saturated rings. The lowest BCUT2D eigenvalue weighted by molar-refractivity contribution is -0.377. The van der Waals surface area contributed by atoms with Crippen LogP contribution in [0, 0.1) is 13.8 Å². The highest BCUT2D eigenvalue weighted by Gasteiger charge is 1.97. The fraction of sp³-hybridized carbons (Fsp3) is 0.105. The van der Waals surface area contributed by atoms with Gasteiger partial charge < -0.3 is 4.55 Å². The molecular weight excluding hydrogens is 322 g/mol. The van der Waals surface area contributed by atoms with Crippen LogP contribution >= 0.6 is 0 Å². The van der Waals surface area contributed by atoms with Gasteiger partial charge >= 0.3 is 0 Å². The lowest BCUT2D eigenvalue weighted by atomic mass is 10.2. The molecule has 0 aliphatic rings. The summed E-state index contributed by atoms with van der Waals surface area (Å²) in [6.45, 7) is 3.90. The highest BCUT2D eigenvalue weighted by molar-refractivity contribution is 7.85. The Hall–Kier alpha value is -2.50. The Morgan fingerprint density at radius 2 is 1.17 bits per heavy atom. The van der Waals surface area contributed by atoms with E-state index in [4.69, 9.17) is 0 Å². The normalized spacial score (nSPS) is 9.79. The molecule has 0 unspecified atom stereocenters. The van der Waals surface area contributed by atoms with Gasteiger partial charge in [0.25, 0.3) is 0 Å². The summed E-state index contributed by atoms with van der Waals surface area (Å²) in [6, 6.07) is 21.9. The highest BCUT2D eigenvalue weighted by atomic mass is 32.2. The first-order valence-electron chi connectivity index (χ1n) is 7.35. The van der Waals surface area contributed by atoms with Gasteiger partial charge in [0.1, 0.15) is 10.1 Å². The monoisotopic (exact) mass is 343 g/mol. The van der Waals surface area contributed by atoms with E-state index in [2.05, 4.69) is 24.0 Å². The Labute approximate surface area is 143 Å². The van der Waals surface area contributed by atoms with Crippen molar-refractivity contribution in [3.63, 3.8) is 0 Å². The molecule has 0 saturated carbocycles. The zero-order valence-corrected chi connectivity index (χ0v) is 14.5. The van der Waals surface area contributed by atoms with Crippen molar-refractivity contribution in [2.45, 2.75) is 18.7 Å². The van der Waals surface area contributed by atoms with Crippen LogP contribution in [0.25, 0.3) is 0 Å². The summed E-state index contributed by atoms with van der Waals surface area (Å²) in [5.41, 5.74) is 2.25. The van der Waals surface area contributed by atoms with Crippen molar-refractivity contribution < 1.29 is 18.0 Å². The van der Waals surface area contributed by atoms with E-state index in [9.17, 15) is 13.0 Å². The van der Waals surface area contributed by atoms with Crippen molar-refractivity contribution in [1.82, 2.24) is 0 Å². The molecule has 0 aliphatic carbocycles. The molecule has 4 nitrogen and oxygen atoms in total. The number of rotatable bonds is 1. The maximum absolute atomic E-state index is 10.4. The van der Waals surface area contributed by atoms with Gasteiger partial charge in [-0.2, -0.15) is 0 Å². The number of benzene rings is 2. The molecule has 24 heavy (non-hydrogen) atoms. The van der Waals surface area contributed by atoms with Gasteiger partial charge in [-0.1, -0.05) is 59.7 Å². The van der Waals surface area contributed by atoms with E-state index in [0.29, 0.717) is 0 Å². The molecular formula is C19H21NO3S. The van der Waals surface area contributed by atoms with E-state index in [1.54, 1.807) is 12.1 Å². The average molecular weight is 343 g/mol. The number of hydrogen-bond donors (Lipinski definition) is 0. The lowest BCUT2D eigenvalue weighted by Gasteiger charge is -2.05. The fourth-order valence-electron chi connectivity index (χ4n) is 1.58. The van der Waals surface area contributed by atoms with Gasteiger partial charge in [-0.3, -0.25) is 0 Å². The summed E-state index contributed by atoms with van der Waals surface area (Å²) < 4.78 is 31.2.